The number of carbonyl (C=O) groups is 2. The van der Waals surface area contributed by atoms with E-state index in [9.17, 15) is 9.59 Å². The van der Waals surface area contributed by atoms with Crippen LogP contribution in [0.2, 0.25) is 0 Å². The average molecular weight is 215 g/mol. The van der Waals surface area contributed by atoms with E-state index in [-0.39, 0.29) is 0 Å². The van der Waals surface area contributed by atoms with Crippen LogP contribution in [-0.2, 0) is 14.3 Å². The molecular weight excluding hydrogens is 198 g/mol. The third kappa shape index (κ3) is 4.67. The van der Waals surface area contributed by atoms with E-state index in [1.54, 1.807) is 0 Å². The summed E-state index contributed by atoms with van der Waals surface area (Å²) in [5.41, 5.74) is 0. The van der Waals surface area contributed by atoms with Crippen LogP contribution in [0.4, 0.5) is 4.79 Å². The minimum atomic E-state index is -0.546. The van der Waals surface area contributed by atoms with Gasteiger partial charge in [-0.05, 0) is 12.8 Å². The zero-order valence-corrected chi connectivity index (χ0v) is 9.03. The van der Waals surface area contributed by atoms with Gasteiger partial charge in [0, 0.05) is 20.0 Å². The molecule has 86 valence electrons. The monoisotopic (exact) mass is 215 g/mol. The number of hydrogen-bond acceptors (Lipinski definition) is 4. The second kappa shape index (κ2) is 6.27. The van der Waals surface area contributed by atoms with Crippen LogP contribution in [0, 0.1) is 0 Å². The molecule has 2 saturated heterocycles. The largest absolute Gasteiger partial charge is 0.508 e. The van der Waals surface area contributed by atoms with Crippen molar-refractivity contribution < 1.29 is 19.1 Å². The number of rotatable bonds is 0. The van der Waals surface area contributed by atoms with Crippen molar-refractivity contribution in [3.05, 3.63) is 0 Å². The Morgan fingerprint density at radius 3 is 2.27 bits per heavy atom. The van der Waals surface area contributed by atoms with Gasteiger partial charge < -0.3 is 14.4 Å². The molecular formula is C10H17NO4. The first kappa shape index (κ1) is 11.8. The Morgan fingerprint density at radius 2 is 1.73 bits per heavy atom. The van der Waals surface area contributed by atoms with Crippen LogP contribution >= 0.6 is 0 Å². The van der Waals surface area contributed by atoms with Crippen molar-refractivity contribution in [2.45, 2.75) is 25.7 Å². The van der Waals surface area contributed by atoms with Gasteiger partial charge in [-0.3, -0.25) is 4.79 Å². The fraction of sp³-hybridized carbons (Fsp3) is 0.800. The Morgan fingerprint density at radius 1 is 1.07 bits per heavy atom. The lowest BCUT2D eigenvalue weighted by atomic mass is 10.2. The first-order chi connectivity index (χ1) is 7.20. The summed E-state index contributed by atoms with van der Waals surface area (Å²) in [5.74, 6) is 0.313. The van der Waals surface area contributed by atoms with Crippen molar-refractivity contribution in [3.8, 4) is 0 Å². The Balaban J connectivity index is 0.000000162. The lowest BCUT2D eigenvalue weighted by molar-refractivity contribution is -0.129. The molecule has 0 aromatic heterocycles. The average Bonchev–Trinajstić information content (AvgIpc) is 2.61. The third-order valence-corrected chi connectivity index (χ3v) is 2.33. The van der Waals surface area contributed by atoms with Crippen LogP contribution in [-0.4, -0.2) is 43.8 Å². The quantitative estimate of drug-likeness (QED) is 0.569. The maximum absolute atomic E-state index is 10.9. The third-order valence-electron chi connectivity index (χ3n) is 2.33. The van der Waals surface area contributed by atoms with E-state index in [4.69, 9.17) is 0 Å². The summed E-state index contributed by atoms with van der Waals surface area (Å²) >= 11 is 0. The molecule has 5 nitrogen and oxygen atoms in total. The van der Waals surface area contributed by atoms with Crippen LogP contribution in [0.5, 0.6) is 0 Å². The highest BCUT2D eigenvalue weighted by Crippen LogP contribution is 2.08. The molecule has 0 unspecified atom stereocenters. The second-order valence-corrected chi connectivity index (χ2v) is 3.57. The highest BCUT2D eigenvalue weighted by molar-refractivity contribution is 5.75. The molecule has 1 amide bonds. The molecule has 2 fully saturated rings. The van der Waals surface area contributed by atoms with Gasteiger partial charge in [-0.2, -0.15) is 0 Å². The van der Waals surface area contributed by atoms with Gasteiger partial charge in [0.05, 0.1) is 0 Å². The van der Waals surface area contributed by atoms with Crippen LogP contribution in [0.25, 0.3) is 0 Å². The molecule has 0 aromatic rings. The number of cyclic esters (lactones) is 2. The van der Waals surface area contributed by atoms with E-state index < -0.39 is 6.16 Å². The minimum Gasteiger partial charge on any atom is -0.431 e. The van der Waals surface area contributed by atoms with Gasteiger partial charge in [-0.1, -0.05) is 6.42 Å². The van der Waals surface area contributed by atoms with Crippen molar-refractivity contribution in [2.24, 2.45) is 0 Å². The number of likely N-dealkylation sites (tertiary alicyclic amines) is 1. The summed E-state index contributed by atoms with van der Waals surface area (Å²) in [5, 5.41) is 0. The summed E-state index contributed by atoms with van der Waals surface area (Å²) in [6.45, 7) is 1.79. The maximum atomic E-state index is 10.9. The smallest absolute Gasteiger partial charge is 0.431 e. The molecule has 2 rings (SSSR count). The summed E-state index contributed by atoms with van der Waals surface area (Å²) in [7, 11) is 1.88. The molecule has 0 N–H and O–H groups in total. The maximum Gasteiger partial charge on any atom is 0.508 e. The Hall–Kier alpha value is -1.26. The highest BCUT2D eigenvalue weighted by Gasteiger charge is 2.10. The van der Waals surface area contributed by atoms with E-state index in [1.165, 1.54) is 12.8 Å². The topological polar surface area (TPSA) is 55.8 Å². The molecule has 0 spiro atoms. The van der Waals surface area contributed by atoms with Gasteiger partial charge in [-0.25, -0.2) is 4.79 Å². The molecule has 0 atom stereocenters. The van der Waals surface area contributed by atoms with E-state index in [0.29, 0.717) is 19.1 Å². The van der Waals surface area contributed by atoms with Gasteiger partial charge in [0.15, 0.2) is 0 Å². The molecule has 0 radical (unpaired) electrons. The van der Waals surface area contributed by atoms with Crippen molar-refractivity contribution in [3.63, 3.8) is 0 Å². The Kier molecular flexibility index (Phi) is 4.93. The van der Waals surface area contributed by atoms with E-state index in [1.807, 2.05) is 11.9 Å². The number of carbonyl (C=O) groups excluding carboxylic acids is 2. The van der Waals surface area contributed by atoms with Crippen molar-refractivity contribution in [1.29, 1.82) is 0 Å². The molecule has 0 aromatic carbocycles. The molecule has 2 heterocycles. The standard InChI is InChI=1S/C7H13NO.C3H4O3/c1-8-6-4-2-3-5-7(8)9;4-3-5-1-2-6-3/h2-6H2,1H3;1-2H2. The second-order valence-electron chi connectivity index (χ2n) is 3.57. The lowest BCUT2D eigenvalue weighted by Gasteiger charge is -2.11. The zero-order valence-electron chi connectivity index (χ0n) is 9.03. The molecule has 0 bridgehead atoms. The summed E-state index contributed by atoms with van der Waals surface area (Å²) in [6.07, 6.45) is 3.70. The van der Waals surface area contributed by atoms with Gasteiger partial charge in [0.1, 0.15) is 13.2 Å². The van der Waals surface area contributed by atoms with Gasteiger partial charge in [0.2, 0.25) is 5.91 Å². The SMILES string of the molecule is CN1CCCCCC1=O.O=C1OCCO1. The zero-order chi connectivity index (χ0) is 11.1. The molecule has 2 aliphatic heterocycles. The number of hydrogen-bond donors (Lipinski definition) is 0. The van der Waals surface area contributed by atoms with Crippen LogP contribution in [0.3, 0.4) is 0 Å². The van der Waals surface area contributed by atoms with Crippen molar-refractivity contribution in [1.82, 2.24) is 4.90 Å². The van der Waals surface area contributed by atoms with Crippen LogP contribution in [0.15, 0.2) is 0 Å². The van der Waals surface area contributed by atoms with E-state index in [0.717, 1.165) is 19.4 Å². The van der Waals surface area contributed by atoms with Gasteiger partial charge >= 0.3 is 6.16 Å². The number of amides is 1. The Labute approximate surface area is 89.3 Å². The fourth-order valence-corrected chi connectivity index (χ4v) is 1.41. The predicted molar refractivity (Wildman–Crippen MR) is 53.4 cm³/mol. The molecule has 5 heteroatoms. The highest BCUT2D eigenvalue weighted by atomic mass is 16.8. The molecule has 2 aliphatic rings. The molecule has 15 heavy (non-hydrogen) atoms. The Bertz CT molecular complexity index is 221. The van der Waals surface area contributed by atoms with E-state index >= 15 is 0 Å². The van der Waals surface area contributed by atoms with Crippen molar-refractivity contribution in [2.75, 3.05) is 26.8 Å². The number of nitrogens with zero attached hydrogens (tertiary/aromatic N) is 1. The van der Waals surface area contributed by atoms with Gasteiger partial charge in [0.25, 0.3) is 0 Å². The fourth-order valence-electron chi connectivity index (χ4n) is 1.41. The molecule has 0 saturated carbocycles. The number of ether oxygens (including phenoxy) is 2. The normalized spacial score (nSPS) is 21.0. The summed E-state index contributed by atoms with van der Waals surface area (Å²) in [4.78, 5) is 22.6. The van der Waals surface area contributed by atoms with Gasteiger partial charge in [-0.15, -0.1) is 0 Å². The lowest BCUT2D eigenvalue weighted by Crippen LogP contribution is -2.25. The summed E-state index contributed by atoms with van der Waals surface area (Å²) in [6, 6.07) is 0. The minimum absolute atomic E-state index is 0.313. The molecule has 0 aliphatic carbocycles. The first-order valence-corrected chi connectivity index (χ1v) is 5.23. The first-order valence-electron chi connectivity index (χ1n) is 5.23. The van der Waals surface area contributed by atoms with Crippen LogP contribution in [0.1, 0.15) is 25.7 Å². The van der Waals surface area contributed by atoms with Crippen LogP contribution < -0.4 is 0 Å². The van der Waals surface area contributed by atoms with E-state index in [2.05, 4.69) is 9.47 Å². The predicted octanol–water partition coefficient (Wildman–Crippen LogP) is 1.17. The van der Waals surface area contributed by atoms with Crippen molar-refractivity contribution >= 4 is 12.1 Å². The summed E-state index contributed by atoms with van der Waals surface area (Å²) < 4.78 is 8.58.